The van der Waals surface area contributed by atoms with Crippen LogP contribution in [0.3, 0.4) is 0 Å². The number of aldehydes is 1. The van der Waals surface area contributed by atoms with Gasteiger partial charge in [-0.25, -0.2) is 14.4 Å². The SMILES string of the molecule is CC(Nc1nc(C=O)c2sccc2n1)c1cncc(F)c1. The molecule has 5 nitrogen and oxygen atoms in total. The van der Waals surface area contributed by atoms with Crippen LogP contribution in [0.1, 0.15) is 29.0 Å². The average Bonchev–Trinajstić information content (AvgIpc) is 2.94. The average molecular weight is 302 g/mol. The second-order valence-corrected chi connectivity index (χ2v) is 5.40. The maximum atomic E-state index is 13.2. The third-order valence-corrected chi connectivity index (χ3v) is 3.94. The Labute approximate surface area is 123 Å². The summed E-state index contributed by atoms with van der Waals surface area (Å²) in [5.74, 6) is -0.0660. The number of pyridine rings is 1. The molecule has 0 aliphatic rings. The van der Waals surface area contributed by atoms with Crippen molar-refractivity contribution in [2.45, 2.75) is 13.0 Å². The highest BCUT2D eigenvalue weighted by atomic mass is 32.1. The Morgan fingerprint density at radius 3 is 3.00 bits per heavy atom. The number of nitrogens with one attached hydrogen (secondary N) is 1. The number of halogens is 1. The van der Waals surface area contributed by atoms with Crippen molar-refractivity contribution in [3.8, 4) is 0 Å². The molecular weight excluding hydrogens is 291 g/mol. The van der Waals surface area contributed by atoms with Crippen molar-refractivity contribution < 1.29 is 9.18 Å². The van der Waals surface area contributed by atoms with E-state index >= 15 is 0 Å². The van der Waals surface area contributed by atoms with Crippen molar-refractivity contribution in [1.29, 1.82) is 0 Å². The molecule has 0 saturated carbocycles. The van der Waals surface area contributed by atoms with Gasteiger partial charge in [0, 0.05) is 6.20 Å². The standard InChI is InChI=1S/C14H11FN4OS/c1-8(9-4-10(15)6-16-5-9)17-14-18-11-2-3-21-13(11)12(7-20)19-14/h2-8H,1H3,(H,17,18,19). The van der Waals surface area contributed by atoms with Crippen molar-refractivity contribution in [3.05, 3.63) is 47.0 Å². The maximum Gasteiger partial charge on any atom is 0.224 e. The fraction of sp³-hybridized carbons (Fsp3) is 0.143. The molecule has 106 valence electrons. The first-order valence-electron chi connectivity index (χ1n) is 6.25. The number of thiophene rings is 1. The van der Waals surface area contributed by atoms with Gasteiger partial charge in [0.25, 0.3) is 0 Å². The molecule has 3 aromatic heterocycles. The first-order chi connectivity index (χ1) is 10.2. The fourth-order valence-corrected chi connectivity index (χ4v) is 2.75. The molecule has 0 radical (unpaired) electrons. The Hall–Kier alpha value is -2.41. The predicted molar refractivity (Wildman–Crippen MR) is 79.0 cm³/mol. The molecule has 1 atom stereocenters. The largest absolute Gasteiger partial charge is 0.348 e. The lowest BCUT2D eigenvalue weighted by Crippen LogP contribution is -2.11. The molecular formula is C14H11FN4OS. The van der Waals surface area contributed by atoms with Crippen molar-refractivity contribution in [2.75, 3.05) is 5.32 Å². The summed E-state index contributed by atoms with van der Waals surface area (Å²) in [5, 5.41) is 4.92. The molecule has 0 aliphatic carbocycles. The van der Waals surface area contributed by atoms with Gasteiger partial charge < -0.3 is 5.32 Å². The van der Waals surface area contributed by atoms with Crippen LogP contribution in [0.4, 0.5) is 10.3 Å². The lowest BCUT2D eigenvalue weighted by molar-refractivity contribution is 0.112. The van der Waals surface area contributed by atoms with E-state index in [1.54, 1.807) is 6.20 Å². The van der Waals surface area contributed by atoms with Crippen LogP contribution in [0.2, 0.25) is 0 Å². The second-order valence-electron chi connectivity index (χ2n) is 4.49. The zero-order valence-electron chi connectivity index (χ0n) is 11.1. The summed E-state index contributed by atoms with van der Waals surface area (Å²) in [4.78, 5) is 23.4. The highest BCUT2D eigenvalue weighted by Crippen LogP contribution is 2.24. The van der Waals surface area contributed by atoms with Crippen LogP contribution >= 0.6 is 11.3 Å². The molecule has 0 bridgehead atoms. The number of hydrogen-bond donors (Lipinski definition) is 1. The number of aromatic nitrogens is 3. The zero-order chi connectivity index (χ0) is 14.8. The van der Waals surface area contributed by atoms with E-state index < -0.39 is 5.82 Å². The summed E-state index contributed by atoms with van der Waals surface area (Å²) in [6.07, 6.45) is 3.43. The molecule has 0 aromatic carbocycles. The van der Waals surface area contributed by atoms with Gasteiger partial charge in [0.15, 0.2) is 6.29 Å². The molecule has 1 N–H and O–H groups in total. The molecule has 0 saturated heterocycles. The summed E-state index contributed by atoms with van der Waals surface area (Å²) >= 11 is 1.42. The Morgan fingerprint density at radius 2 is 2.24 bits per heavy atom. The minimum absolute atomic E-state index is 0.233. The third kappa shape index (κ3) is 2.73. The number of hydrogen-bond acceptors (Lipinski definition) is 6. The molecule has 3 aromatic rings. The number of nitrogens with zero attached hydrogens (tertiary/aromatic N) is 3. The minimum atomic E-state index is -0.399. The van der Waals surface area contributed by atoms with Crippen LogP contribution in [-0.2, 0) is 0 Å². The van der Waals surface area contributed by atoms with E-state index in [1.165, 1.54) is 17.4 Å². The molecule has 0 amide bonds. The topological polar surface area (TPSA) is 67.8 Å². The summed E-state index contributed by atoms with van der Waals surface area (Å²) in [5.41, 5.74) is 1.74. The van der Waals surface area contributed by atoms with Gasteiger partial charge in [-0.15, -0.1) is 11.3 Å². The molecule has 7 heteroatoms. The summed E-state index contributed by atoms with van der Waals surface area (Å²) in [6, 6.07) is 2.99. The number of carbonyl (C=O) groups excluding carboxylic acids is 1. The van der Waals surface area contributed by atoms with Crippen LogP contribution in [0, 0.1) is 5.82 Å². The van der Waals surface area contributed by atoms with E-state index in [0.29, 0.717) is 29.0 Å². The van der Waals surface area contributed by atoms with Gasteiger partial charge in [0.05, 0.1) is 22.5 Å². The van der Waals surface area contributed by atoms with E-state index in [2.05, 4.69) is 20.3 Å². The molecule has 1 unspecified atom stereocenters. The van der Waals surface area contributed by atoms with Gasteiger partial charge in [-0.3, -0.25) is 9.78 Å². The van der Waals surface area contributed by atoms with E-state index in [-0.39, 0.29) is 6.04 Å². The van der Waals surface area contributed by atoms with Gasteiger partial charge in [0.2, 0.25) is 5.95 Å². The van der Waals surface area contributed by atoms with E-state index in [4.69, 9.17) is 0 Å². The van der Waals surface area contributed by atoms with E-state index in [9.17, 15) is 9.18 Å². The zero-order valence-corrected chi connectivity index (χ0v) is 11.9. The van der Waals surface area contributed by atoms with Gasteiger partial charge in [-0.2, -0.15) is 0 Å². The van der Waals surface area contributed by atoms with Crippen LogP contribution in [-0.4, -0.2) is 21.2 Å². The van der Waals surface area contributed by atoms with Gasteiger partial charge in [-0.05, 0) is 30.0 Å². The smallest absolute Gasteiger partial charge is 0.224 e. The molecule has 3 rings (SSSR count). The fourth-order valence-electron chi connectivity index (χ4n) is 1.97. The molecule has 0 fully saturated rings. The van der Waals surface area contributed by atoms with Crippen LogP contribution in [0.5, 0.6) is 0 Å². The van der Waals surface area contributed by atoms with Gasteiger partial charge >= 0.3 is 0 Å². The number of anilines is 1. The summed E-state index contributed by atoms with van der Waals surface area (Å²) < 4.78 is 13.9. The number of carbonyl (C=O) groups is 1. The normalized spacial score (nSPS) is 12.3. The maximum absolute atomic E-state index is 13.2. The first-order valence-corrected chi connectivity index (χ1v) is 7.13. The second kappa shape index (κ2) is 5.53. The van der Waals surface area contributed by atoms with Crippen LogP contribution in [0.15, 0.2) is 29.9 Å². The molecule has 21 heavy (non-hydrogen) atoms. The van der Waals surface area contributed by atoms with Crippen molar-refractivity contribution in [2.24, 2.45) is 0 Å². The molecule has 0 aliphatic heterocycles. The monoisotopic (exact) mass is 302 g/mol. The van der Waals surface area contributed by atoms with Gasteiger partial charge in [0.1, 0.15) is 11.5 Å². The Balaban J connectivity index is 1.92. The number of rotatable bonds is 4. The quantitative estimate of drug-likeness (QED) is 0.749. The Kier molecular flexibility index (Phi) is 3.57. The molecule has 3 heterocycles. The summed E-state index contributed by atoms with van der Waals surface area (Å²) in [7, 11) is 0. The lowest BCUT2D eigenvalue weighted by atomic mass is 10.1. The lowest BCUT2D eigenvalue weighted by Gasteiger charge is -2.14. The van der Waals surface area contributed by atoms with E-state index in [1.807, 2.05) is 18.4 Å². The van der Waals surface area contributed by atoms with E-state index in [0.717, 1.165) is 10.9 Å². The molecule has 0 spiro atoms. The minimum Gasteiger partial charge on any atom is -0.348 e. The first kappa shape index (κ1) is 13.6. The Bertz CT molecular complexity index is 805. The third-order valence-electron chi connectivity index (χ3n) is 3.01. The van der Waals surface area contributed by atoms with Crippen LogP contribution < -0.4 is 5.32 Å². The number of fused-ring (bicyclic) bond motifs is 1. The predicted octanol–water partition coefficient (Wildman–Crippen LogP) is 3.21. The van der Waals surface area contributed by atoms with Crippen molar-refractivity contribution >= 4 is 33.8 Å². The van der Waals surface area contributed by atoms with Crippen LogP contribution in [0.25, 0.3) is 10.2 Å². The van der Waals surface area contributed by atoms with Gasteiger partial charge in [-0.1, -0.05) is 0 Å². The Morgan fingerprint density at radius 1 is 1.38 bits per heavy atom. The summed E-state index contributed by atoms with van der Waals surface area (Å²) in [6.45, 7) is 1.85. The highest BCUT2D eigenvalue weighted by Gasteiger charge is 2.12. The van der Waals surface area contributed by atoms with Crippen molar-refractivity contribution in [1.82, 2.24) is 15.0 Å². The highest BCUT2D eigenvalue weighted by molar-refractivity contribution is 7.17. The van der Waals surface area contributed by atoms with Crippen molar-refractivity contribution in [3.63, 3.8) is 0 Å².